The highest BCUT2D eigenvalue weighted by Gasteiger charge is 2.51. The van der Waals surface area contributed by atoms with Gasteiger partial charge < -0.3 is 0 Å². The van der Waals surface area contributed by atoms with Crippen molar-refractivity contribution in [3.63, 3.8) is 0 Å². The number of rotatable bonds is 3. The number of halogens is 1. The summed E-state index contributed by atoms with van der Waals surface area (Å²) in [7, 11) is 3.66. The largest absolute Gasteiger partial charge is 0.289 e. The van der Waals surface area contributed by atoms with Gasteiger partial charge in [-0.2, -0.15) is 0 Å². The zero-order valence-corrected chi connectivity index (χ0v) is 11.0. The van der Waals surface area contributed by atoms with E-state index in [4.69, 9.17) is 0 Å². The van der Waals surface area contributed by atoms with Crippen LogP contribution in [-0.4, -0.2) is 25.0 Å². The summed E-state index contributed by atoms with van der Waals surface area (Å²) in [6, 6.07) is 8.01. The van der Waals surface area contributed by atoms with Gasteiger partial charge in [-0.25, -0.2) is 5.01 Å². The van der Waals surface area contributed by atoms with Crippen molar-refractivity contribution in [3.8, 4) is 0 Å². The van der Waals surface area contributed by atoms with Crippen LogP contribution in [-0.2, 0) is 10.2 Å². The molecule has 0 heterocycles. The second-order valence-electron chi connectivity index (χ2n) is 4.42. The maximum absolute atomic E-state index is 12.1. The van der Waals surface area contributed by atoms with Crippen molar-refractivity contribution < 1.29 is 4.79 Å². The molecular weight excluding hydrogens is 268 g/mol. The SMILES string of the molecule is CN(C)NC(=O)C1(c2ccc(Br)cc2)CC1. The van der Waals surface area contributed by atoms with Crippen LogP contribution in [0.1, 0.15) is 18.4 Å². The van der Waals surface area contributed by atoms with E-state index in [-0.39, 0.29) is 11.3 Å². The van der Waals surface area contributed by atoms with E-state index in [1.807, 2.05) is 38.4 Å². The average molecular weight is 283 g/mol. The Labute approximate surface area is 104 Å². The van der Waals surface area contributed by atoms with E-state index in [2.05, 4.69) is 21.4 Å². The Morgan fingerprint density at radius 3 is 2.31 bits per heavy atom. The molecule has 1 aliphatic carbocycles. The highest BCUT2D eigenvalue weighted by atomic mass is 79.9. The number of hydrogen-bond acceptors (Lipinski definition) is 2. The number of nitrogens with one attached hydrogen (secondary N) is 1. The Bertz CT molecular complexity index is 396. The van der Waals surface area contributed by atoms with Crippen molar-refractivity contribution in [2.75, 3.05) is 14.1 Å². The van der Waals surface area contributed by atoms with E-state index in [0.29, 0.717) is 0 Å². The molecule has 1 saturated carbocycles. The lowest BCUT2D eigenvalue weighted by Crippen LogP contribution is -2.42. The molecule has 1 amide bonds. The minimum Gasteiger partial charge on any atom is -0.289 e. The van der Waals surface area contributed by atoms with Crippen LogP contribution in [0.5, 0.6) is 0 Å². The van der Waals surface area contributed by atoms with Crippen LogP contribution in [0.3, 0.4) is 0 Å². The first kappa shape index (κ1) is 11.6. The normalized spacial score (nSPS) is 17.2. The first-order chi connectivity index (χ1) is 7.54. The van der Waals surface area contributed by atoms with Gasteiger partial charge in [-0.05, 0) is 30.5 Å². The van der Waals surface area contributed by atoms with Crippen molar-refractivity contribution in [1.29, 1.82) is 0 Å². The third-order valence-corrected chi connectivity index (χ3v) is 3.44. The molecule has 0 unspecified atom stereocenters. The van der Waals surface area contributed by atoms with E-state index in [1.165, 1.54) is 0 Å². The van der Waals surface area contributed by atoms with E-state index in [0.717, 1.165) is 22.9 Å². The van der Waals surface area contributed by atoms with Crippen LogP contribution in [0, 0.1) is 0 Å². The predicted octanol–water partition coefficient (Wildman–Crippen LogP) is 2.07. The Balaban J connectivity index is 2.19. The molecule has 4 heteroatoms. The van der Waals surface area contributed by atoms with Gasteiger partial charge in [-0.15, -0.1) is 0 Å². The molecule has 0 atom stereocenters. The van der Waals surface area contributed by atoms with Gasteiger partial charge in [0.1, 0.15) is 0 Å². The number of benzene rings is 1. The van der Waals surface area contributed by atoms with E-state index in [9.17, 15) is 4.79 Å². The van der Waals surface area contributed by atoms with Crippen molar-refractivity contribution in [2.24, 2.45) is 0 Å². The summed E-state index contributed by atoms with van der Waals surface area (Å²) in [5, 5.41) is 1.70. The minimum atomic E-state index is -0.287. The third kappa shape index (κ3) is 2.13. The second-order valence-corrected chi connectivity index (χ2v) is 5.34. The third-order valence-electron chi connectivity index (χ3n) is 2.91. The molecular formula is C12H15BrN2O. The molecule has 3 nitrogen and oxygen atoms in total. The van der Waals surface area contributed by atoms with E-state index in [1.54, 1.807) is 5.01 Å². The highest BCUT2D eigenvalue weighted by Crippen LogP contribution is 2.48. The Morgan fingerprint density at radius 2 is 1.88 bits per heavy atom. The molecule has 2 rings (SSSR count). The summed E-state index contributed by atoms with van der Waals surface area (Å²) < 4.78 is 1.04. The fraction of sp³-hybridized carbons (Fsp3) is 0.417. The van der Waals surface area contributed by atoms with Gasteiger partial charge >= 0.3 is 0 Å². The van der Waals surface area contributed by atoms with Crippen LogP contribution in [0.2, 0.25) is 0 Å². The molecule has 0 saturated heterocycles. The smallest absolute Gasteiger partial charge is 0.244 e. The number of amides is 1. The number of hydrazine groups is 1. The topological polar surface area (TPSA) is 32.3 Å². The first-order valence-corrected chi connectivity index (χ1v) is 6.08. The Morgan fingerprint density at radius 1 is 1.31 bits per heavy atom. The van der Waals surface area contributed by atoms with Crippen LogP contribution in [0.4, 0.5) is 0 Å². The van der Waals surface area contributed by atoms with Crippen LogP contribution >= 0.6 is 15.9 Å². The van der Waals surface area contributed by atoms with E-state index < -0.39 is 0 Å². The zero-order chi connectivity index (χ0) is 11.8. The van der Waals surface area contributed by atoms with Gasteiger partial charge in [0, 0.05) is 18.6 Å². The summed E-state index contributed by atoms with van der Waals surface area (Å²) in [5.74, 6) is 0.0971. The Kier molecular flexibility index (Phi) is 3.04. The minimum absolute atomic E-state index is 0.0971. The van der Waals surface area contributed by atoms with Crippen molar-refractivity contribution in [3.05, 3.63) is 34.3 Å². The number of hydrogen-bond donors (Lipinski definition) is 1. The molecule has 0 spiro atoms. The van der Waals surface area contributed by atoms with Crippen molar-refractivity contribution in [1.82, 2.24) is 10.4 Å². The summed E-state index contributed by atoms with van der Waals surface area (Å²) >= 11 is 3.40. The fourth-order valence-corrected chi connectivity index (χ4v) is 2.12. The van der Waals surface area contributed by atoms with Crippen LogP contribution in [0.25, 0.3) is 0 Å². The second kappa shape index (κ2) is 4.18. The molecule has 0 bridgehead atoms. The number of carbonyl (C=O) groups is 1. The molecule has 0 radical (unpaired) electrons. The molecule has 0 aliphatic heterocycles. The molecule has 86 valence electrons. The summed E-state index contributed by atoms with van der Waals surface area (Å²) in [6.45, 7) is 0. The number of carbonyl (C=O) groups excluding carboxylic acids is 1. The van der Waals surface area contributed by atoms with Crippen molar-refractivity contribution >= 4 is 21.8 Å². The maximum Gasteiger partial charge on any atom is 0.244 e. The van der Waals surface area contributed by atoms with Crippen LogP contribution in [0.15, 0.2) is 28.7 Å². The molecule has 16 heavy (non-hydrogen) atoms. The lowest BCUT2D eigenvalue weighted by molar-refractivity contribution is -0.127. The Hall–Kier alpha value is -0.870. The zero-order valence-electron chi connectivity index (χ0n) is 9.46. The lowest BCUT2D eigenvalue weighted by Gasteiger charge is -2.19. The monoisotopic (exact) mass is 282 g/mol. The highest BCUT2D eigenvalue weighted by molar-refractivity contribution is 9.10. The molecule has 1 fully saturated rings. The quantitative estimate of drug-likeness (QED) is 0.861. The first-order valence-electron chi connectivity index (χ1n) is 5.29. The maximum atomic E-state index is 12.1. The predicted molar refractivity (Wildman–Crippen MR) is 66.9 cm³/mol. The van der Waals surface area contributed by atoms with Crippen molar-refractivity contribution in [2.45, 2.75) is 18.3 Å². The van der Waals surface area contributed by atoms with Gasteiger partial charge in [0.15, 0.2) is 0 Å². The molecule has 1 aromatic carbocycles. The lowest BCUT2D eigenvalue weighted by atomic mass is 9.95. The van der Waals surface area contributed by atoms with Crippen LogP contribution < -0.4 is 5.43 Å². The van der Waals surface area contributed by atoms with Gasteiger partial charge in [0.05, 0.1) is 5.41 Å². The van der Waals surface area contributed by atoms with Gasteiger partial charge in [0.25, 0.3) is 0 Å². The van der Waals surface area contributed by atoms with Gasteiger partial charge in [0.2, 0.25) is 5.91 Å². The summed E-state index contributed by atoms with van der Waals surface area (Å²) in [4.78, 5) is 12.1. The molecule has 1 N–H and O–H groups in total. The summed E-state index contributed by atoms with van der Waals surface area (Å²) in [6.07, 6.45) is 1.88. The van der Waals surface area contributed by atoms with Gasteiger partial charge in [-0.1, -0.05) is 28.1 Å². The fourth-order valence-electron chi connectivity index (χ4n) is 1.85. The average Bonchev–Trinajstić information content (AvgIpc) is 2.98. The summed E-state index contributed by atoms with van der Waals surface area (Å²) in [5.41, 5.74) is 3.66. The van der Waals surface area contributed by atoms with Gasteiger partial charge in [-0.3, -0.25) is 10.2 Å². The molecule has 1 aliphatic rings. The standard InChI is InChI=1S/C12H15BrN2O/c1-15(2)14-11(16)12(7-8-12)9-3-5-10(13)6-4-9/h3-6H,7-8H2,1-2H3,(H,14,16). The molecule has 0 aromatic heterocycles. The number of nitrogens with zero attached hydrogens (tertiary/aromatic N) is 1. The molecule has 1 aromatic rings. The van der Waals surface area contributed by atoms with E-state index >= 15 is 0 Å².